The Morgan fingerprint density at radius 1 is 1.44 bits per heavy atom. The molecule has 0 aromatic heterocycles. The zero-order valence-corrected chi connectivity index (χ0v) is 11.4. The summed E-state index contributed by atoms with van der Waals surface area (Å²) in [6.07, 6.45) is 0.177. The van der Waals surface area contributed by atoms with E-state index in [1.165, 1.54) is 0 Å². The number of anilines is 1. The van der Waals surface area contributed by atoms with Crippen LogP contribution in [0.1, 0.15) is 32.8 Å². The molecule has 1 atom stereocenters. The van der Waals surface area contributed by atoms with Crippen LogP contribution in [0.3, 0.4) is 0 Å². The van der Waals surface area contributed by atoms with Crippen LogP contribution >= 0.6 is 0 Å². The van der Waals surface area contributed by atoms with E-state index in [4.69, 9.17) is 5.73 Å². The summed E-state index contributed by atoms with van der Waals surface area (Å²) in [7, 11) is 0. The van der Waals surface area contributed by atoms with E-state index in [2.05, 4.69) is 5.32 Å². The van der Waals surface area contributed by atoms with Gasteiger partial charge in [-0.15, -0.1) is 0 Å². The molecular weight excluding hydrogens is 231 g/mol. The van der Waals surface area contributed by atoms with Crippen molar-refractivity contribution in [3.05, 3.63) is 29.6 Å². The third-order valence-corrected chi connectivity index (χ3v) is 2.98. The highest BCUT2D eigenvalue weighted by atomic mass is 19.1. The number of carbonyl (C=O) groups excluding carboxylic acids is 1. The number of halogens is 1. The average Bonchev–Trinajstić information content (AvgIpc) is 2.23. The van der Waals surface area contributed by atoms with E-state index < -0.39 is 5.82 Å². The Kier molecular flexibility index (Phi) is 4.46. The molecule has 4 heteroatoms. The van der Waals surface area contributed by atoms with Crippen LogP contribution in [0.2, 0.25) is 0 Å². The highest BCUT2D eigenvalue weighted by Gasteiger charge is 2.23. The van der Waals surface area contributed by atoms with Crippen LogP contribution in [0, 0.1) is 18.2 Å². The van der Waals surface area contributed by atoms with Crippen LogP contribution in [0.15, 0.2) is 18.2 Å². The first-order valence-electron chi connectivity index (χ1n) is 6.02. The molecular formula is C14H21FN2O. The van der Waals surface area contributed by atoms with E-state index in [0.717, 1.165) is 0 Å². The van der Waals surface area contributed by atoms with Crippen molar-refractivity contribution in [3.8, 4) is 0 Å². The molecule has 1 rings (SSSR count). The Balaban J connectivity index is 2.69. The zero-order chi connectivity index (χ0) is 13.9. The Morgan fingerprint density at radius 2 is 2.06 bits per heavy atom. The van der Waals surface area contributed by atoms with Gasteiger partial charge in [-0.25, -0.2) is 4.39 Å². The maximum Gasteiger partial charge on any atom is 0.226 e. The Bertz CT molecular complexity index is 438. The van der Waals surface area contributed by atoms with Gasteiger partial charge in [0, 0.05) is 12.5 Å². The SMILES string of the molecule is Cc1cccc(NC(=O)CC(N)C(C)(C)C)c1F. The molecule has 0 fully saturated rings. The summed E-state index contributed by atoms with van der Waals surface area (Å²) < 4.78 is 13.7. The number of aryl methyl sites for hydroxylation is 1. The molecule has 0 aliphatic carbocycles. The van der Waals surface area contributed by atoms with E-state index >= 15 is 0 Å². The number of carbonyl (C=O) groups is 1. The first-order valence-corrected chi connectivity index (χ1v) is 6.02. The molecule has 0 aliphatic rings. The van der Waals surface area contributed by atoms with Crippen molar-refractivity contribution < 1.29 is 9.18 Å². The molecule has 0 spiro atoms. The van der Waals surface area contributed by atoms with E-state index in [0.29, 0.717) is 5.56 Å². The van der Waals surface area contributed by atoms with Gasteiger partial charge in [-0.2, -0.15) is 0 Å². The number of benzene rings is 1. The maximum atomic E-state index is 13.7. The number of nitrogens with one attached hydrogen (secondary N) is 1. The lowest BCUT2D eigenvalue weighted by atomic mass is 9.85. The van der Waals surface area contributed by atoms with Crippen LogP contribution < -0.4 is 11.1 Å². The lowest BCUT2D eigenvalue weighted by molar-refractivity contribution is -0.117. The molecule has 0 saturated carbocycles. The standard InChI is InChI=1S/C14H21FN2O/c1-9-6-5-7-10(13(9)15)17-12(18)8-11(16)14(2,3)4/h5-7,11H,8,16H2,1-4H3,(H,17,18). The summed E-state index contributed by atoms with van der Waals surface area (Å²) in [5.41, 5.74) is 6.49. The zero-order valence-electron chi connectivity index (χ0n) is 11.4. The van der Waals surface area contributed by atoms with Gasteiger partial charge in [0.1, 0.15) is 5.82 Å². The van der Waals surface area contributed by atoms with E-state index in [-0.39, 0.29) is 29.5 Å². The van der Waals surface area contributed by atoms with Gasteiger partial charge in [-0.3, -0.25) is 4.79 Å². The van der Waals surface area contributed by atoms with Gasteiger partial charge in [0.2, 0.25) is 5.91 Å². The van der Waals surface area contributed by atoms with Crippen LogP contribution in [0.4, 0.5) is 10.1 Å². The first kappa shape index (κ1) is 14.6. The van der Waals surface area contributed by atoms with Crippen molar-refractivity contribution in [2.45, 2.75) is 40.2 Å². The van der Waals surface area contributed by atoms with Crippen molar-refractivity contribution in [3.63, 3.8) is 0 Å². The normalized spacial score (nSPS) is 13.2. The van der Waals surface area contributed by atoms with Crippen LogP contribution in [0.5, 0.6) is 0 Å². The van der Waals surface area contributed by atoms with Gasteiger partial charge < -0.3 is 11.1 Å². The smallest absolute Gasteiger partial charge is 0.226 e. The summed E-state index contributed by atoms with van der Waals surface area (Å²) >= 11 is 0. The molecule has 18 heavy (non-hydrogen) atoms. The fourth-order valence-corrected chi connectivity index (χ4v) is 1.45. The van der Waals surface area contributed by atoms with E-state index in [1.807, 2.05) is 20.8 Å². The maximum absolute atomic E-state index is 13.7. The van der Waals surface area contributed by atoms with Crippen LogP contribution in [0.25, 0.3) is 0 Å². The lowest BCUT2D eigenvalue weighted by Gasteiger charge is -2.26. The largest absolute Gasteiger partial charge is 0.327 e. The van der Waals surface area contributed by atoms with Crippen LogP contribution in [-0.2, 0) is 4.79 Å². The predicted octanol–water partition coefficient (Wildman–Crippen LogP) is 2.84. The Hall–Kier alpha value is -1.42. The molecule has 0 radical (unpaired) electrons. The first-order chi connectivity index (χ1) is 8.21. The minimum Gasteiger partial charge on any atom is -0.327 e. The van der Waals surface area contributed by atoms with Crippen molar-refractivity contribution >= 4 is 11.6 Å². The fourth-order valence-electron chi connectivity index (χ4n) is 1.45. The third-order valence-electron chi connectivity index (χ3n) is 2.98. The summed E-state index contributed by atoms with van der Waals surface area (Å²) in [5.74, 6) is -0.655. The van der Waals surface area contributed by atoms with Crippen molar-refractivity contribution in [2.24, 2.45) is 11.1 Å². The number of hydrogen-bond donors (Lipinski definition) is 2. The summed E-state index contributed by atoms with van der Waals surface area (Å²) in [4.78, 5) is 11.8. The number of amides is 1. The van der Waals surface area contributed by atoms with Gasteiger partial charge >= 0.3 is 0 Å². The quantitative estimate of drug-likeness (QED) is 0.869. The van der Waals surface area contributed by atoms with Crippen molar-refractivity contribution in [1.82, 2.24) is 0 Å². The van der Waals surface area contributed by atoms with Crippen molar-refractivity contribution in [2.75, 3.05) is 5.32 Å². The molecule has 0 bridgehead atoms. The number of nitrogens with two attached hydrogens (primary N) is 1. The minimum absolute atomic E-state index is 0.150. The molecule has 1 aromatic carbocycles. The molecule has 1 aromatic rings. The van der Waals surface area contributed by atoms with E-state index in [1.54, 1.807) is 25.1 Å². The monoisotopic (exact) mass is 252 g/mol. The van der Waals surface area contributed by atoms with Gasteiger partial charge in [0.25, 0.3) is 0 Å². The second kappa shape index (κ2) is 5.48. The number of rotatable bonds is 3. The highest BCUT2D eigenvalue weighted by molar-refractivity contribution is 5.91. The second-order valence-electron chi connectivity index (χ2n) is 5.66. The average molecular weight is 252 g/mol. The van der Waals surface area contributed by atoms with E-state index in [9.17, 15) is 9.18 Å². The molecule has 1 unspecified atom stereocenters. The molecule has 0 saturated heterocycles. The molecule has 100 valence electrons. The van der Waals surface area contributed by atoms with Crippen molar-refractivity contribution in [1.29, 1.82) is 0 Å². The molecule has 0 aliphatic heterocycles. The molecule has 3 N–H and O–H groups in total. The topological polar surface area (TPSA) is 55.1 Å². The fraction of sp³-hybridized carbons (Fsp3) is 0.500. The van der Waals surface area contributed by atoms with Gasteiger partial charge in [0.15, 0.2) is 0 Å². The summed E-state index contributed by atoms with van der Waals surface area (Å²) in [5, 5.41) is 2.56. The molecule has 1 amide bonds. The van der Waals surface area contributed by atoms with Gasteiger partial charge in [-0.1, -0.05) is 32.9 Å². The molecule has 0 heterocycles. The minimum atomic E-state index is -0.393. The highest BCUT2D eigenvalue weighted by Crippen LogP contribution is 2.21. The lowest BCUT2D eigenvalue weighted by Crippen LogP contribution is -2.38. The third kappa shape index (κ3) is 3.81. The molecule has 3 nitrogen and oxygen atoms in total. The van der Waals surface area contributed by atoms with Crippen LogP contribution in [-0.4, -0.2) is 11.9 Å². The predicted molar refractivity (Wildman–Crippen MR) is 71.8 cm³/mol. The Morgan fingerprint density at radius 3 is 2.61 bits per heavy atom. The summed E-state index contributed by atoms with van der Waals surface area (Å²) in [6.45, 7) is 7.57. The number of hydrogen-bond acceptors (Lipinski definition) is 2. The van der Waals surface area contributed by atoms with Gasteiger partial charge in [-0.05, 0) is 24.0 Å². The Labute approximate surface area is 108 Å². The van der Waals surface area contributed by atoms with Gasteiger partial charge in [0.05, 0.1) is 5.69 Å². The summed E-state index contributed by atoms with van der Waals surface area (Å²) in [6, 6.07) is 4.65. The second-order valence-corrected chi connectivity index (χ2v) is 5.66.